The molecule has 2 aromatic rings. The Labute approximate surface area is 165 Å². The number of nitrogens with zero attached hydrogens (tertiary/aromatic N) is 2. The molecule has 1 aliphatic carbocycles. The lowest BCUT2D eigenvalue weighted by atomic mass is 10.0. The number of anilines is 1. The first-order chi connectivity index (χ1) is 13.1. The van der Waals surface area contributed by atoms with Crippen molar-refractivity contribution in [1.82, 2.24) is 4.98 Å². The van der Waals surface area contributed by atoms with Gasteiger partial charge >= 0.3 is 0 Å². The van der Waals surface area contributed by atoms with Crippen molar-refractivity contribution >= 4 is 43.5 Å². The van der Waals surface area contributed by atoms with Crippen LogP contribution in [0.4, 0.5) is 5.69 Å². The van der Waals surface area contributed by atoms with Crippen molar-refractivity contribution in [3.63, 3.8) is 0 Å². The van der Waals surface area contributed by atoms with Gasteiger partial charge in [0.05, 0.1) is 0 Å². The third kappa shape index (κ3) is 3.14. The minimum atomic E-state index is -0.0901. The summed E-state index contributed by atoms with van der Waals surface area (Å²) >= 11 is 3.25. The van der Waals surface area contributed by atoms with E-state index in [4.69, 9.17) is 14.1 Å². The SMILES string of the molecule is CCN(CC)c1ccc2nc3c4cc(OCBr)ccc4c(=O)cc-3oc2c1. The summed E-state index contributed by atoms with van der Waals surface area (Å²) in [4.78, 5) is 19.5. The molecule has 6 heteroatoms. The summed E-state index contributed by atoms with van der Waals surface area (Å²) in [6.07, 6.45) is 0. The lowest BCUT2D eigenvalue weighted by Gasteiger charge is -2.21. The average molecular weight is 427 g/mol. The highest BCUT2D eigenvalue weighted by atomic mass is 79.9. The number of alkyl halides is 1. The number of halogens is 1. The minimum Gasteiger partial charge on any atom is -0.482 e. The predicted molar refractivity (Wildman–Crippen MR) is 112 cm³/mol. The van der Waals surface area contributed by atoms with E-state index in [1.807, 2.05) is 24.3 Å². The Balaban J connectivity index is 1.98. The van der Waals surface area contributed by atoms with Crippen molar-refractivity contribution in [1.29, 1.82) is 0 Å². The molecular formula is C21H19BrN2O3. The van der Waals surface area contributed by atoms with E-state index in [1.54, 1.807) is 12.1 Å². The van der Waals surface area contributed by atoms with Crippen LogP contribution in [0.15, 0.2) is 51.7 Å². The first-order valence-electron chi connectivity index (χ1n) is 8.89. The molecule has 0 aromatic heterocycles. The van der Waals surface area contributed by atoms with Gasteiger partial charge in [0.2, 0.25) is 0 Å². The molecule has 2 aromatic carbocycles. The molecule has 0 bridgehead atoms. The lowest BCUT2D eigenvalue weighted by Crippen LogP contribution is -2.21. The summed E-state index contributed by atoms with van der Waals surface area (Å²) in [6.45, 7) is 6.06. The number of ether oxygens (including phenoxy) is 1. The molecule has 2 aliphatic rings. The van der Waals surface area contributed by atoms with Gasteiger partial charge in [0.15, 0.2) is 16.8 Å². The van der Waals surface area contributed by atoms with Crippen LogP contribution in [-0.2, 0) is 0 Å². The van der Waals surface area contributed by atoms with Gasteiger partial charge < -0.3 is 14.1 Å². The number of hydrogen-bond acceptors (Lipinski definition) is 5. The fourth-order valence-electron chi connectivity index (χ4n) is 3.38. The van der Waals surface area contributed by atoms with Crippen molar-refractivity contribution in [2.75, 3.05) is 23.5 Å². The molecule has 138 valence electrons. The second-order valence-electron chi connectivity index (χ2n) is 6.22. The Hall–Kier alpha value is -2.60. The molecule has 0 spiro atoms. The first kappa shape index (κ1) is 17.8. The second-order valence-corrected chi connectivity index (χ2v) is 6.68. The highest BCUT2D eigenvalue weighted by molar-refractivity contribution is 9.09. The number of hydrogen-bond donors (Lipinski definition) is 0. The van der Waals surface area contributed by atoms with Gasteiger partial charge in [-0.1, -0.05) is 0 Å². The zero-order valence-corrected chi connectivity index (χ0v) is 16.7. The van der Waals surface area contributed by atoms with E-state index in [0.29, 0.717) is 33.7 Å². The number of fused-ring (bicyclic) bond motifs is 4. The van der Waals surface area contributed by atoms with E-state index in [9.17, 15) is 4.79 Å². The molecule has 1 aliphatic heterocycles. The molecule has 0 unspecified atom stereocenters. The maximum absolute atomic E-state index is 12.5. The zero-order valence-electron chi connectivity index (χ0n) is 15.2. The fraction of sp³-hybridized carbons (Fsp3) is 0.238. The van der Waals surface area contributed by atoms with Crippen LogP contribution in [0.3, 0.4) is 0 Å². The van der Waals surface area contributed by atoms with Crippen molar-refractivity contribution in [2.24, 2.45) is 0 Å². The molecular weight excluding hydrogens is 408 g/mol. The van der Waals surface area contributed by atoms with Crippen molar-refractivity contribution in [3.8, 4) is 17.2 Å². The van der Waals surface area contributed by atoms with Crippen LogP contribution in [0.2, 0.25) is 0 Å². The summed E-state index contributed by atoms with van der Waals surface area (Å²) in [5.74, 6) is 1.15. The third-order valence-corrected chi connectivity index (χ3v) is 4.98. The summed E-state index contributed by atoms with van der Waals surface area (Å²) in [7, 11) is 0. The molecule has 0 saturated heterocycles. The molecule has 0 atom stereocenters. The molecule has 5 nitrogen and oxygen atoms in total. The van der Waals surface area contributed by atoms with Crippen LogP contribution < -0.4 is 15.1 Å². The second kappa shape index (κ2) is 7.19. The monoisotopic (exact) mass is 426 g/mol. The summed E-state index contributed by atoms with van der Waals surface area (Å²) in [5.41, 5.74) is 3.44. The molecule has 0 radical (unpaired) electrons. The first-order valence-corrected chi connectivity index (χ1v) is 10.0. The number of rotatable bonds is 5. The summed E-state index contributed by atoms with van der Waals surface area (Å²) in [5, 5.41) is 1.33. The zero-order chi connectivity index (χ0) is 19.0. The standard InChI is InChI=1S/C21H19BrN2O3/c1-3-24(4-2)13-5-8-17-19(9-13)27-20-11-18(25)15-7-6-14(26-12-22)10-16(15)21(20)23-17/h5-11H,3-4,12H2,1-2H3. The molecule has 27 heavy (non-hydrogen) atoms. The Bertz CT molecular complexity index is 1150. The topological polar surface area (TPSA) is 55.6 Å². The van der Waals surface area contributed by atoms with Gasteiger partial charge in [0.1, 0.15) is 22.5 Å². The highest BCUT2D eigenvalue weighted by Crippen LogP contribution is 2.33. The van der Waals surface area contributed by atoms with E-state index in [1.165, 1.54) is 6.07 Å². The van der Waals surface area contributed by atoms with Gasteiger partial charge in [-0.05, 0) is 60.1 Å². The number of aromatic nitrogens is 1. The molecule has 1 heterocycles. The fourth-order valence-corrected chi connectivity index (χ4v) is 3.64. The third-order valence-electron chi connectivity index (χ3n) is 4.75. The Kier molecular flexibility index (Phi) is 4.74. The van der Waals surface area contributed by atoms with Gasteiger partial charge in [0.25, 0.3) is 0 Å². The van der Waals surface area contributed by atoms with Crippen LogP contribution in [0.1, 0.15) is 13.8 Å². The van der Waals surface area contributed by atoms with E-state index < -0.39 is 0 Å². The van der Waals surface area contributed by atoms with Crippen LogP contribution >= 0.6 is 15.9 Å². The number of benzene rings is 3. The van der Waals surface area contributed by atoms with Crippen LogP contribution in [0, 0.1) is 0 Å². The van der Waals surface area contributed by atoms with Gasteiger partial charge in [-0.25, -0.2) is 4.98 Å². The summed E-state index contributed by atoms with van der Waals surface area (Å²) in [6, 6.07) is 12.9. The maximum Gasteiger partial charge on any atom is 0.190 e. The van der Waals surface area contributed by atoms with E-state index in [-0.39, 0.29) is 5.43 Å². The maximum atomic E-state index is 12.5. The van der Waals surface area contributed by atoms with Crippen molar-refractivity contribution in [2.45, 2.75) is 13.8 Å². The molecule has 0 N–H and O–H groups in total. The smallest absolute Gasteiger partial charge is 0.190 e. The quantitative estimate of drug-likeness (QED) is 0.254. The Morgan fingerprint density at radius 3 is 2.63 bits per heavy atom. The predicted octanol–water partition coefficient (Wildman–Crippen LogP) is 5.02. The lowest BCUT2D eigenvalue weighted by molar-refractivity contribution is 0.398. The van der Waals surface area contributed by atoms with Crippen molar-refractivity contribution in [3.05, 3.63) is 52.7 Å². The van der Waals surface area contributed by atoms with Crippen LogP contribution in [0.5, 0.6) is 5.75 Å². The Morgan fingerprint density at radius 1 is 1.07 bits per heavy atom. The molecule has 0 fully saturated rings. The van der Waals surface area contributed by atoms with E-state index in [2.05, 4.69) is 34.7 Å². The van der Waals surface area contributed by atoms with E-state index in [0.717, 1.165) is 29.7 Å². The Morgan fingerprint density at radius 2 is 1.89 bits per heavy atom. The van der Waals surface area contributed by atoms with Gasteiger partial charge in [-0.3, -0.25) is 4.79 Å². The van der Waals surface area contributed by atoms with Crippen LogP contribution in [-0.4, -0.2) is 23.6 Å². The van der Waals surface area contributed by atoms with Crippen LogP contribution in [0.25, 0.3) is 33.3 Å². The average Bonchev–Trinajstić information content (AvgIpc) is 2.68. The highest BCUT2D eigenvalue weighted by Gasteiger charge is 2.17. The van der Waals surface area contributed by atoms with Gasteiger partial charge in [0, 0.05) is 41.7 Å². The molecule has 0 saturated carbocycles. The van der Waals surface area contributed by atoms with Gasteiger partial charge in [-0.15, -0.1) is 0 Å². The largest absolute Gasteiger partial charge is 0.482 e. The molecule has 4 rings (SSSR count). The normalized spacial score (nSPS) is 11.4. The molecule has 0 amide bonds. The van der Waals surface area contributed by atoms with Crippen molar-refractivity contribution < 1.29 is 9.15 Å². The minimum absolute atomic E-state index is 0.0901. The van der Waals surface area contributed by atoms with Gasteiger partial charge in [-0.2, -0.15) is 0 Å². The van der Waals surface area contributed by atoms with E-state index >= 15 is 0 Å². The summed E-state index contributed by atoms with van der Waals surface area (Å²) < 4.78 is 11.6.